The number of carbonyl (C=O) groups excluding carboxylic acids is 1. The molecule has 0 aromatic heterocycles. The van der Waals surface area contributed by atoms with E-state index in [1.165, 1.54) is 0 Å². The van der Waals surface area contributed by atoms with E-state index >= 15 is 0 Å². The van der Waals surface area contributed by atoms with Crippen LogP contribution in [0.1, 0.15) is 12.5 Å². The number of likely N-dealkylation sites (N-methyl/N-ethyl adjacent to an activating group) is 1. The number of nitriles is 1. The normalized spacial score (nSPS) is 11.7. The zero-order chi connectivity index (χ0) is 15.1. The minimum Gasteiger partial charge on any atom is -0.481 e. The van der Waals surface area contributed by atoms with Gasteiger partial charge in [-0.05, 0) is 19.2 Å². The van der Waals surface area contributed by atoms with Gasteiger partial charge in [-0.1, -0.05) is 19.1 Å². The molecule has 1 aromatic carbocycles. The van der Waals surface area contributed by atoms with Crippen molar-refractivity contribution in [3.05, 3.63) is 29.8 Å². The maximum atomic E-state index is 11.8. The Morgan fingerprint density at radius 3 is 2.70 bits per heavy atom. The molecular formula is C14H17N3O3. The fourth-order valence-electron chi connectivity index (χ4n) is 1.73. The lowest BCUT2D eigenvalue weighted by Gasteiger charge is -2.18. The summed E-state index contributed by atoms with van der Waals surface area (Å²) in [5.74, 6) is -1.72. The highest BCUT2D eigenvalue weighted by molar-refractivity contribution is 5.93. The van der Waals surface area contributed by atoms with Crippen LogP contribution in [0.15, 0.2) is 24.3 Å². The highest BCUT2D eigenvalue weighted by atomic mass is 16.4. The van der Waals surface area contributed by atoms with Crippen molar-refractivity contribution in [3.8, 4) is 6.07 Å². The van der Waals surface area contributed by atoms with E-state index in [-0.39, 0.29) is 19.0 Å². The molecule has 0 radical (unpaired) electrons. The molecule has 6 nitrogen and oxygen atoms in total. The van der Waals surface area contributed by atoms with Gasteiger partial charge in [0.2, 0.25) is 5.91 Å². The van der Waals surface area contributed by atoms with Crippen LogP contribution in [0.2, 0.25) is 0 Å². The molecule has 20 heavy (non-hydrogen) atoms. The Kier molecular flexibility index (Phi) is 5.69. The molecule has 0 bridgehead atoms. The summed E-state index contributed by atoms with van der Waals surface area (Å²) in [6.07, 6.45) is 0. The number of benzene rings is 1. The van der Waals surface area contributed by atoms with Crippen molar-refractivity contribution < 1.29 is 14.7 Å². The lowest BCUT2D eigenvalue weighted by Crippen LogP contribution is -2.35. The third kappa shape index (κ3) is 4.71. The lowest BCUT2D eigenvalue weighted by atomic mass is 10.2. The first-order valence-corrected chi connectivity index (χ1v) is 6.14. The highest BCUT2D eigenvalue weighted by Gasteiger charge is 2.16. The monoisotopic (exact) mass is 275 g/mol. The Bertz CT molecular complexity index is 537. The topological polar surface area (TPSA) is 93.4 Å². The van der Waals surface area contributed by atoms with Crippen LogP contribution in [0.5, 0.6) is 0 Å². The number of carboxylic acids is 1. The second-order valence-electron chi connectivity index (χ2n) is 4.64. The van der Waals surface area contributed by atoms with E-state index in [0.717, 1.165) is 0 Å². The quantitative estimate of drug-likeness (QED) is 0.812. The van der Waals surface area contributed by atoms with Crippen LogP contribution in [0.4, 0.5) is 5.69 Å². The van der Waals surface area contributed by atoms with Gasteiger partial charge in [0.15, 0.2) is 0 Å². The maximum Gasteiger partial charge on any atom is 0.307 e. The van der Waals surface area contributed by atoms with Crippen molar-refractivity contribution in [2.75, 3.05) is 25.5 Å². The van der Waals surface area contributed by atoms with Crippen LogP contribution in [-0.2, 0) is 9.59 Å². The van der Waals surface area contributed by atoms with E-state index in [0.29, 0.717) is 11.3 Å². The third-order valence-electron chi connectivity index (χ3n) is 2.74. The number of hydrogen-bond acceptors (Lipinski definition) is 4. The van der Waals surface area contributed by atoms with Crippen molar-refractivity contribution in [2.45, 2.75) is 6.92 Å². The number of amides is 1. The SMILES string of the molecule is CC(CN(C)CC(=O)Nc1ccccc1C#N)C(=O)O. The average molecular weight is 275 g/mol. The summed E-state index contributed by atoms with van der Waals surface area (Å²) >= 11 is 0. The summed E-state index contributed by atoms with van der Waals surface area (Å²) in [7, 11) is 1.68. The lowest BCUT2D eigenvalue weighted by molar-refractivity contribution is -0.141. The van der Waals surface area contributed by atoms with Gasteiger partial charge in [0, 0.05) is 6.54 Å². The molecule has 1 aromatic rings. The van der Waals surface area contributed by atoms with Crippen molar-refractivity contribution >= 4 is 17.6 Å². The van der Waals surface area contributed by atoms with Gasteiger partial charge in [0.25, 0.3) is 0 Å². The van der Waals surface area contributed by atoms with Gasteiger partial charge >= 0.3 is 5.97 Å². The Balaban J connectivity index is 2.56. The number of para-hydroxylation sites is 1. The molecule has 0 aliphatic rings. The smallest absolute Gasteiger partial charge is 0.307 e. The standard InChI is InChI=1S/C14H17N3O3/c1-10(14(19)20)8-17(2)9-13(18)16-12-6-4-3-5-11(12)7-15/h3-6,10H,8-9H2,1-2H3,(H,16,18)(H,19,20). The van der Waals surface area contributed by atoms with Gasteiger partial charge in [-0.15, -0.1) is 0 Å². The zero-order valence-electron chi connectivity index (χ0n) is 11.5. The van der Waals surface area contributed by atoms with E-state index in [4.69, 9.17) is 10.4 Å². The number of nitrogens with one attached hydrogen (secondary N) is 1. The molecule has 106 valence electrons. The molecule has 0 fully saturated rings. The molecule has 0 aliphatic heterocycles. The van der Waals surface area contributed by atoms with Crippen molar-refractivity contribution in [1.82, 2.24) is 4.90 Å². The van der Waals surface area contributed by atoms with Crippen LogP contribution in [0, 0.1) is 17.2 Å². The number of aliphatic carboxylic acids is 1. The van der Waals surface area contributed by atoms with Crippen LogP contribution >= 0.6 is 0 Å². The molecule has 0 heterocycles. The van der Waals surface area contributed by atoms with E-state index in [1.807, 2.05) is 6.07 Å². The molecule has 0 aliphatic carbocycles. The van der Waals surface area contributed by atoms with Crippen LogP contribution in [0.25, 0.3) is 0 Å². The number of hydrogen-bond donors (Lipinski definition) is 2. The number of rotatable bonds is 6. The molecular weight excluding hydrogens is 258 g/mol. The maximum absolute atomic E-state index is 11.8. The molecule has 6 heteroatoms. The Labute approximate surface area is 117 Å². The van der Waals surface area contributed by atoms with Crippen LogP contribution in [0.3, 0.4) is 0 Å². The summed E-state index contributed by atoms with van der Waals surface area (Å²) in [5.41, 5.74) is 0.849. The van der Waals surface area contributed by atoms with Gasteiger partial charge in [-0.25, -0.2) is 0 Å². The van der Waals surface area contributed by atoms with E-state index in [1.54, 1.807) is 43.1 Å². The molecule has 1 atom stereocenters. The number of carboxylic acid groups (broad SMARTS) is 1. The zero-order valence-corrected chi connectivity index (χ0v) is 11.5. The molecule has 1 unspecified atom stereocenters. The average Bonchev–Trinajstić information content (AvgIpc) is 2.38. The van der Waals surface area contributed by atoms with Crippen molar-refractivity contribution in [3.63, 3.8) is 0 Å². The van der Waals surface area contributed by atoms with Crippen LogP contribution < -0.4 is 5.32 Å². The van der Waals surface area contributed by atoms with E-state index < -0.39 is 11.9 Å². The van der Waals surface area contributed by atoms with Gasteiger partial charge in [0.05, 0.1) is 23.7 Å². The predicted octanol–water partition coefficient (Wildman–Crippen LogP) is 1.15. The van der Waals surface area contributed by atoms with Crippen molar-refractivity contribution in [1.29, 1.82) is 5.26 Å². The summed E-state index contributed by atoms with van der Waals surface area (Å²) in [6.45, 7) is 1.93. The number of anilines is 1. The minimum atomic E-state index is -0.896. The Morgan fingerprint density at radius 1 is 1.45 bits per heavy atom. The second kappa shape index (κ2) is 7.26. The predicted molar refractivity (Wildman–Crippen MR) is 74.1 cm³/mol. The largest absolute Gasteiger partial charge is 0.481 e. The van der Waals surface area contributed by atoms with Crippen molar-refractivity contribution in [2.24, 2.45) is 5.92 Å². The van der Waals surface area contributed by atoms with Gasteiger partial charge in [-0.2, -0.15) is 5.26 Å². The number of carbonyl (C=O) groups is 2. The van der Waals surface area contributed by atoms with Gasteiger partial charge < -0.3 is 10.4 Å². The van der Waals surface area contributed by atoms with Gasteiger partial charge in [0.1, 0.15) is 6.07 Å². The molecule has 0 saturated carbocycles. The van der Waals surface area contributed by atoms with Crippen LogP contribution in [-0.4, -0.2) is 42.0 Å². The van der Waals surface area contributed by atoms with E-state index in [2.05, 4.69) is 5.32 Å². The number of nitrogens with zero attached hydrogens (tertiary/aromatic N) is 2. The first-order valence-electron chi connectivity index (χ1n) is 6.14. The van der Waals surface area contributed by atoms with E-state index in [9.17, 15) is 9.59 Å². The third-order valence-corrected chi connectivity index (χ3v) is 2.74. The fraction of sp³-hybridized carbons (Fsp3) is 0.357. The summed E-state index contributed by atoms with van der Waals surface area (Å²) < 4.78 is 0. The molecule has 0 spiro atoms. The molecule has 1 rings (SSSR count). The fourth-order valence-corrected chi connectivity index (χ4v) is 1.73. The Hall–Kier alpha value is -2.39. The Morgan fingerprint density at radius 2 is 2.10 bits per heavy atom. The van der Waals surface area contributed by atoms with Gasteiger partial charge in [-0.3, -0.25) is 14.5 Å². The first kappa shape index (κ1) is 15.7. The first-order chi connectivity index (χ1) is 9.43. The second-order valence-corrected chi connectivity index (χ2v) is 4.64. The molecule has 1 amide bonds. The molecule has 0 saturated heterocycles. The minimum absolute atomic E-state index is 0.0668. The summed E-state index contributed by atoms with van der Waals surface area (Å²) in [5, 5.41) is 20.4. The molecule has 2 N–H and O–H groups in total. The highest BCUT2D eigenvalue weighted by Crippen LogP contribution is 2.13. The summed E-state index contributed by atoms with van der Waals surface area (Å²) in [6, 6.07) is 8.71. The summed E-state index contributed by atoms with van der Waals surface area (Å²) in [4.78, 5) is 24.2.